The SMILES string of the molecule is Cc1ccc(C(CCO)C2CCCC2)c(C)c1. The van der Waals surface area contributed by atoms with E-state index >= 15 is 0 Å². The lowest BCUT2D eigenvalue weighted by Crippen LogP contribution is -2.13. The maximum absolute atomic E-state index is 9.30. The number of benzene rings is 1. The van der Waals surface area contributed by atoms with Gasteiger partial charge in [0.2, 0.25) is 0 Å². The van der Waals surface area contributed by atoms with E-state index in [-0.39, 0.29) is 0 Å². The Morgan fingerprint density at radius 1 is 1.24 bits per heavy atom. The minimum Gasteiger partial charge on any atom is -0.396 e. The topological polar surface area (TPSA) is 20.2 Å². The molecule has 94 valence electrons. The van der Waals surface area contributed by atoms with E-state index in [1.54, 1.807) is 0 Å². The summed E-state index contributed by atoms with van der Waals surface area (Å²) in [5, 5.41) is 9.30. The third kappa shape index (κ3) is 2.90. The van der Waals surface area contributed by atoms with Crippen molar-refractivity contribution in [1.82, 2.24) is 0 Å². The summed E-state index contributed by atoms with van der Waals surface area (Å²) in [5.41, 5.74) is 4.20. The van der Waals surface area contributed by atoms with Gasteiger partial charge in [0, 0.05) is 6.61 Å². The Labute approximate surface area is 105 Å². The number of aryl methyl sites for hydroxylation is 2. The molecular formula is C16H24O. The summed E-state index contributed by atoms with van der Waals surface area (Å²) in [6, 6.07) is 6.76. The van der Waals surface area contributed by atoms with Gasteiger partial charge in [-0.3, -0.25) is 0 Å². The Bertz CT molecular complexity index is 364. The maximum Gasteiger partial charge on any atom is 0.0436 e. The second kappa shape index (κ2) is 5.68. The first kappa shape index (κ1) is 12.6. The molecule has 1 fully saturated rings. The van der Waals surface area contributed by atoms with Gasteiger partial charge in [-0.25, -0.2) is 0 Å². The molecule has 1 aliphatic rings. The van der Waals surface area contributed by atoms with Crippen molar-refractivity contribution in [2.45, 2.75) is 51.9 Å². The number of aliphatic hydroxyl groups excluding tert-OH is 1. The van der Waals surface area contributed by atoms with E-state index in [0.717, 1.165) is 12.3 Å². The van der Waals surface area contributed by atoms with Gasteiger partial charge < -0.3 is 5.11 Å². The third-order valence-corrected chi connectivity index (χ3v) is 4.23. The molecule has 0 aliphatic heterocycles. The van der Waals surface area contributed by atoms with Crippen LogP contribution < -0.4 is 0 Å². The van der Waals surface area contributed by atoms with Gasteiger partial charge >= 0.3 is 0 Å². The van der Waals surface area contributed by atoms with Crippen molar-refractivity contribution in [2.75, 3.05) is 6.61 Å². The van der Waals surface area contributed by atoms with Gasteiger partial charge in [0.25, 0.3) is 0 Å². The average Bonchev–Trinajstić information content (AvgIpc) is 2.80. The van der Waals surface area contributed by atoms with Crippen LogP contribution in [0.1, 0.15) is 54.7 Å². The molecule has 1 heteroatoms. The minimum absolute atomic E-state index is 0.314. The molecule has 1 aromatic rings. The van der Waals surface area contributed by atoms with Crippen molar-refractivity contribution in [1.29, 1.82) is 0 Å². The molecule has 1 aromatic carbocycles. The molecule has 1 aliphatic carbocycles. The van der Waals surface area contributed by atoms with Gasteiger partial charge in [-0.1, -0.05) is 36.6 Å². The first-order chi connectivity index (χ1) is 8.22. The van der Waals surface area contributed by atoms with Crippen LogP contribution in [0, 0.1) is 19.8 Å². The van der Waals surface area contributed by atoms with E-state index in [1.807, 2.05) is 0 Å². The minimum atomic E-state index is 0.314. The molecule has 1 atom stereocenters. The molecule has 0 amide bonds. The van der Waals surface area contributed by atoms with Crippen LogP contribution in [0.25, 0.3) is 0 Å². The summed E-state index contributed by atoms with van der Waals surface area (Å²) in [6.07, 6.45) is 6.36. The second-order valence-electron chi connectivity index (χ2n) is 5.52. The summed E-state index contributed by atoms with van der Waals surface area (Å²) >= 11 is 0. The second-order valence-corrected chi connectivity index (χ2v) is 5.52. The Kier molecular flexibility index (Phi) is 4.22. The molecule has 0 aromatic heterocycles. The van der Waals surface area contributed by atoms with E-state index in [1.165, 1.54) is 42.4 Å². The molecule has 0 spiro atoms. The van der Waals surface area contributed by atoms with Crippen molar-refractivity contribution in [3.8, 4) is 0 Å². The fourth-order valence-corrected chi connectivity index (χ4v) is 3.39. The fourth-order valence-electron chi connectivity index (χ4n) is 3.39. The molecule has 1 saturated carbocycles. The van der Waals surface area contributed by atoms with Crippen molar-refractivity contribution in [3.05, 3.63) is 34.9 Å². The lowest BCUT2D eigenvalue weighted by Gasteiger charge is -2.25. The van der Waals surface area contributed by atoms with Crippen LogP contribution in [0.3, 0.4) is 0 Å². The fraction of sp³-hybridized carbons (Fsp3) is 0.625. The summed E-state index contributed by atoms with van der Waals surface area (Å²) < 4.78 is 0. The van der Waals surface area contributed by atoms with Gasteiger partial charge in [0.15, 0.2) is 0 Å². The zero-order chi connectivity index (χ0) is 12.3. The van der Waals surface area contributed by atoms with Crippen LogP contribution in [0.5, 0.6) is 0 Å². The first-order valence-electron chi connectivity index (χ1n) is 6.90. The lowest BCUT2D eigenvalue weighted by atomic mass is 9.80. The zero-order valence-electron chi connectivity index (χ0n) is 11.1. The van der Waals surface area contributed by atoms with Gasteiger partial charge in [-0.15, -0.1) is 0 Å². The summed E-state index contributed by atoms with van der Waals surface area (Å²) in [4.78, 5) is 0. The average molecular weight is 232 g/mol. The Hall–Kier alpha value is -0.820. The highest BCUT2D eigenvalue weighted by Gasteiger charge is 2.26. The standard InChI is InChI=1S/C16H24O/c1-12-7-8-15(13(2)11-12)16(9-10-17)14-5-3-4-6-14/h7-8,11,14,16-17H,3-6,9-10H2,1-2H3. The Morgan fingerprint density at radius 2 is 1.94 bits per heavy atom. The molecule has 2 rings (SSSR count). The first-order valence-corrected chi connectivity index (χ1v) is 6.90. The molecule has 0 heterocycles. The van der Waals surface area contributed by atoms with Crippen LogP contribution in [0.15, 0.2) is 18.2 Å². The summed E-state index contributed by atoms with van der Waals surface area (Å²) in [5.74, 6) is 1.37. The summed E-state index contributed by atoms with van der Waals surface area (Å²) in [7, 11) is 0. The molecule has 17 heavy (non-hydrogen) atoms. The highest BCUT2D eigenvalue weighted by molar-refractivity contribution is 5.33. The number of hydrogen-bond donors (Lipinski definition) is 1. The van der Waals surface area contributed by atoms with Crippen LogP contribution in [0.2, 0.25) is 0 Å². The van der Waals surface area contributed by atoms with Crippen molar-refractivity contribution in [2.24, 2.45) is 5.92 Å². The highest BCUT2D eigenvalue weighted by atomic mass is 16.3. The zero-order valence-corrected chi connectivity index (χ0v) is 11.1. The molecule has 1 nitrogen and oxygen atoms in total. The monoisotopic (exact) mass is 232 g/mol. The van der Waals surface area contributed by atoms with E-state index in [0.29, 0.717) is 12.5 Å². The Morgan fingerprint density at radius 3 is 2.53 bits per heavy atom. The smallest absolute Gasteiger partial charge is 0.0436 e. The predicted molar refractivity (Wildman–Crippen MR) is 72.3 cm³/mol. The maximum atomic E-state index is 9.30. The van der Waals surface area contributed by atoms with E-state index in [2.05, 4.69) is 32.0 Å². The predicted octanol–water partition coefficient (Wildman–Crippen LogP) is 3.96. The number of hydrogen-bond acceptors (Lipinski definition) is 1. The van der Waals surface area contributed by atoms with Gasteiger partial charge in [0.1, 0.15) is 0 Å². The van der Waals surface area contributed by atoms with Crippen molar-refractivity contribution < 1.29 is 5.11 Å². The van der Waals surface area contributed by atoms with Crippen molar-refractivity contribution in [3.63, 3.8) is 0 Å². The van der Waals surface area contributed by atoms with Gasteiger partial charge in [0.05, 0.1) is 0 Å². The molecule has 0 saturated heterocycles. The largest absolute Gasteiger partial charge is 0.396 e. The molecule has 0 bridgehead atoms. The third-order valence-electron chi connectivity index (χ3n) is 4.23. The normalized spacial score (nSPS) is 18.5. The molecular weight excluding hydrogens is 208 g/mol. The van der Waals surface area contributed by atoms with Crippen LogP contribution in [-0.2, 0) is 0 Å². The number of aliphatic hydroxyl groups is 1. The Balaban J connectivity index is 2.24. The van der Waals surface area contributed by atoms with E-state index < -0.39 is 0 Å². The van der Waals surface area contributed by atoms with Crippen LogP contribution in [0.4, 0.5) is 0 Å². The number of rotatable bonds is 4. The van der Waals surface area contributed by atoms with Crippen LogP contribution >= 0.6 is 0 Å². The van der Waals surface area contributed by atoms with Gasteiger partial charge in [-0.05, 0) is 56.1 Å². The summed E-state index contributed by atoms with van der Waals surface area (Å²) in [6.45, 7) is 4.67. The molecule has 0 radical (unpaired) electrons. The van der Waals surface area contributed by atoms with E-state index in [4.69, 9.17) is 0 Å². The van der Waals surface area contributed by atoms with Crippen molar-refractivity contribution >= 4 is 0 Å². The highest BCUT2D eigenvalue weighted by Crippen LogP contribution is 2.40. The van der Waals surface area contributed by atoms with Gasteiger partial charge in [-0.2, -0.15) is 0 Å². The van der Waals surface area contributed by atoms with Crippen LogP contribution in [-0.4, -0.2) is 11.7 Å². The lowest BCUT2D eigenvalue weighted by molar-refractivity contribution is 0.254. The quantitative estimate of drug-likeness (QED) is 0.833. The molecule has 1 N–H and O–H groups in total. The molecule has 1 unspecified atom stereocenters. The van der Waals surface area contributed by atoms with E-state index in [9.17, 15) is 5.11 Å².